The van der Waals surface area contributed by atoms with Gasteiger partial charge in [0, 0.05) is 18.1 Å². The highest BCUT2D eigenvalue weighted by Gasteiger charge is 2.36. The minimum atomic E-state index is -1.54. The number of hydrogen-bond acceptors (Lipinski definition) is 2. The maximum atomic E-state index is 8.15. The van der Waals surface area contributed by atoms with Gasteiger partial charge in [-0.2, -0.15) is 0 Å². The van der Waals surface area contributed by atoms with E-state index in [1.165, 1.54) is 38.5 Å². The molecule has 20 heavy (non-hydrogen) atoms. The molecule has 0 aliphatic rings. The molecule has 0 aromatic carbocycles. The fraction of sp³-hybridized carbons (Fsp3) is 1.00. The van der Waals surface area contributed by atoms with E-state index in [4.69, 9.17) is 9.96 Å². The van der Waals surface area contributed by atoms with Gasteiger partial charge >= 0.3 is 0 Å². The van der Waals surface area contributed by atoms with Crippen molar-refractivity contribution in [3.05, 3.63) is 10.4 Å². The largest absolute Gasteiger partial charge is 0.417 e. The summed E-state index contributed by atoms with van der Waals surface area (Å²) in [6.45, 7) is 13.1. The van der Waals surface area contributed by atoms with E-state index in [0.717, 1.165) is 13.0 Å². The smallest absolute Gasteiger partial charge is 0.191 e. The number of rotatable bonds is 11. The van der Waals surface area contributed by atoms with Crippen LogP contribution in [0, 0.1) is 0 Å². The molecule has 0 aliphatic heterocycles. The van der Waals surface area contributed by atoms with E-state index < -0.39 is 8.32 Å². The molecule has 0 N–H and O–H groups in total. The Bertz CT molecular complexity index is 294. The van der Waals surface area contributed by atoms with Gasteiger partial charge in [0.25, 0.3) is 0 Å². The van der Waals surface area contributed by atoms with Gasteiger partial charge in [-0.15, -0.1) is 0 Å². The highest BCUT2D eigenvalue weighted by Crippen LogP contribution is 2.36. The van der Waals surface area contributed by atoms with E-state index in [1.807, 2.05) is 0 Å². The minimum absolute atomic E-state index is 0.318. The van der Waals surface area contributed by atoms with Crippen LogP contribution in [0.3, 0.4) is 0 Å². The molecule has 0 atom stereocenters. The maximum Gasteiger partial charge on any atom is 0.191 e. The van der Waals surface area contributed by atoms with Crippen LogP contribution in [0.5, 0.6) is 0 Å². The highest BCUT2D eigenvalue weighted by atomic mass is 28.4. The van der Waals surface area contributed by atoms with E-state index in [2.05, 4.69) is 43.9 Å². The van der Waals surface area contributed by atoms with Crippen LogP contribution in [0.1, 0.15) is 65.7 Å². The molecule has 0 aromatic heterocycles. The Morgan fingerprint density at radius 2 is 1.45 bits per heavy atom. The summed E-state index contributed by atoms with van der Waals surface area (Å²) in [5.41, 5.74) is 8.15. The van der Waals surface area contributed by atoms with Gasteiger partial charge in [0.1, 0.15) is 0 Å². The van der Waals surface area contributed by atoms with E-state index in [1.54, 1.807) is 0 Å². The van der Waals surface area contributed by atoms with Crippen LogP contribution in [0.15, 0.2) is 5.11 Å². The summed E-state index contributed by atoms with van der Waals surface area (Å²) in [5, 5.41) is 3.86. The average Bonchev–Trinajstić information content (AvgIpc) is 2.34. The first-order chi connectivity index (χ1) is 9.31. The van der Waals surface area contributed by atoms with Gasteiger partial charge in [0.15, 0.2) is 8.32 Å². The third-order valence-corrected chi connectivity index (χ3v) is 8.77. The number of azide groups is 1. The molecule has 0 aromatic rings. The molecule has 0 unspecified atom stereocenters. The molecule has 0 aliphatic carbocycles. The lowest BCUT2D eigenvalue weighted by atomic mass is 10.1. The van der Waals surface area contributed by atoms with Crippen LogP contribution < -0.4 is 0 Å². The lowest BCUT2D eigenvalue weighted by Crippen LogP contribution is -2.40. The third-order valence-electron chi connectivity index (χ3n) is 4.23. The molecule has 0 radical (unpaired) electrons. The van der Waals surface area contributed by atoms with Gasteiger partial charge in [-0.25, -0.2) is 0 Å². The van der Waals surface area contributed by atoms with Crippen LogP contribution in [0.4, 0.5) is 0 Å². The molecule has 0 rings (SSSR count). The summed E-state index contributed by atoms with van der Waals surface area (Å²) in [4.78, 5) is 2.75. The predicted octanol–water partition coefficient (Wildman–Crippen LogP) is 6.05. The highest BCUT2D eigenvalue weighted by molar-refractivity contribution is 6.74. The van der Waals surface area contributed by atoms with Crippen molar-refractivity contribution in [3.8, 4) is 0 Å². The molecular weight excluding hydrogens is 266 g/mol. The van der Waals surface area contributed by atoms with E-state index >= 15 is 0 Å². The van der Waals surface area contributed by atoms with Gasteiger partial charge < -0.3 is 4.43 Å². The first-order valence-corrected chi connectivity index (χ1v) is 10.9. The Morgan fingerprint density at radius 1 is 0.950 bits per heavy atom. The van der Waals surface area contributed by atoms with Crippen molar-refractivity contribution in [2.24, 2.45) is 5.11 Å². The quantitative estimate of drug-likeness (QED) is 0.151. The van der Waals surface area contributed by atoms with Crippen molar-refractivity contribution in [2.75, 3.05) is 13.2 Å². The van der Waals surface area contributed by atoms with Crippen molar-refractivity contribution >= 4 is 8.32 Å². The second-order valence-electron chi connectivity index (χ2n) is 7.04. The molecule has 5 heteroatoms. The van der Waals surface area contributed by atoms with Crippen LogP contribution >= 0.6 is 0 Å². The second kappa shape index (κ2) is 10.2. The van der Waals surface area contributed by atoms with Gasteiger partial charge in [0.2, 0.25) is 0 Å². The molecule has 0 amide bonds. The zero-order valence-corrected chi connectivity index (χ0v) is 15.1. The normalized spacial score (nSPS) is 12.2. The maximum absolute atomic E-state index is 8.15. The zero-order chi connectivity index (χ0) is 15.5. The fourth-order valence-corrected chi connectivity index (χ4v) is 2.84. The first-order valence-electron chi connectivity index (χ1n) is 7.96. The topological polar surface area (TPSA) is 58.0 Å². The Labute approximate surface area is 126 Å². The lowest BCUT2D eigenvalue weighted by Gasteiger charge is -2.36. The fourth-order valence-electron chi connectivity index (χ4n) is 1.76. The predicted molar refractivity (Wildman–Crippen MR) is 89.5 cm³/mol. The Morgan fingerprint density at radius 3 is 1.95 bits per heavy atom. The molecule has 0 spiro atoms. The summed E-state index contributed by atoms with van der Waals surface area (Å²) < 4.78 is 6.16. The van der Waals surface area contributed by atoms with Crippen LogP contribution in [-0.2, 0) is 4.43 Å². The Kier molecular flexibility index (Phi) is 9.99. The third kappa shape index (κ3) is 9.40. The SMILES string of the molecule is CC(C)(C)[Si](C)(C)OCCCCCCCCCN=[N+]=[N-]. The summed E-state index contributed by atoms with van der Waals surface area (Å²) in [5.74, 6) is 0. The Hall–Kier alpha value is -0.513. The molecule has 0 fully saturated rings. The van der Waals surface area contributed by atoms with Crippen LogP contribution in [0.25, 0.3) is 10.4 Å². The lowest BCUT2D eigenvalue weighted by molar-refractivity contribution is 0.277. The van der Waals surface area contributed by atoms with E-state index in [0.29, 0.717) is 11.6 Å². The molecule has 118 valence electrons. The van der Waals surface area contributed by atoms with Gasteiger partial charge in [-0.3, -0.25) is 0 Å². The van der Waals surface area contributed by atoms with Gasteiger partial charge in [-0.05, 0) is 36.5 Å². The summed E-state index contributed by atoms with van der Waals surface area (Å²) >= 11 is 0. The molecule has 0 heterocycles. The summed E-state index contributed by atoms with van der Waals surface area (Å²) in [7, 11) is -1.54. The van der Waals surface area contributed by atoms with E-state index in [9.17, 15) is 0 Å². The van der Waals surface area contributed by atoms with Crippen molar-refractivity contribution in [1.82, 2.24) is 0 Å². The standard InChI is InChI=1S/C15H33N3OSi/c1-15(2,3)20(4,5)19-14-12-10-8-6-7-9-11-13-17-18-16/h6-14H2,1-5H3. The number of hydrogen-bond donors (Lipinski definition) is 0. The monoisotopic (exact) mass is 299 g/mol. The minimum Gasteiger partial charge on any atom is -0.417 e. The average molecular weight is 300 g/mol. The molecule has 0 saturated heterocycles. The van der Waals surface area contributed by atoms with E-state index in [-0.39, 0.29) is 0 Å². The molecule has 0 saturated carbocycles. The van der Waals surface area contributed by atoms with Gasteiger partial charge in [0.05, 0.1) is 0 Å². The van der Waals surface area contributed by atoms with Crippen molar-refractivity contribution in [3.63, 3.8) is 0 Å². The van der Waals surface area contributed by atoms with Crippen molar-refractivity contribution < 1.29 is 4.43 Å². The number of unbranched alkanes of at least 4 members (excludes halogenated alkanes) is 6. The number of nitrogens with zero attached hydrogens (tertiary/aromatic N) is 3. The van der Waals surface area contributed by atoms with Crippen molar-refractivity contribution in [1.29, 1.82) is 0 Å². The van der Waals surface area contributed by atoms with Crippen LogP contribution in [-0.4, -0.2) is 21.5 Å². The summed E-state index contributed by atoms with van der Waals surface area (Å²) in [6, 6.07) is 0. The first kappa shape index (κ1) is 19.5. The van der Waals surface area contributed by atoms with Crippen molar-refractivity contribution in [2.45, 2.75) is 83.8 Å². The molecule has 4 nitrogen and oxygen atoms in total. The van der Waals surface area contributed by atoms with Crippen LogP contribution in [0.2, 0.25) is 18.1 Å². The molecular formula is C15H33N3OSi. The van der Waals surface area contributed by atoms with Gasteiger partial charge in [-0.1, -0.05) is 58.0 Å². The molecule has 0 bridgehead atoms. The second-order valence-corrected chi connectivity index (χ2v) is 11.8. The summed E-state index contributed by atoms with van der Waals surface area (Å²) in [6.07, 6.45) is 8.50. The Balaban J connectivity index is 3.39. The zero-order valence-electron chi connectivity index (χ0n) is 14.1.